The molecule has 0 spiro atoms. The number of aromatic nitrogens is 3. The number of carbonyl (C=O) groups is 2. The molecule has 3 amide bonds. The van der Waals surface area contributed by atoms with E-state index >= 15 is 0 Å². The van der Waals surface area contributed by atoms with E-state index in [0.717, 1.165) is 13.1 Å². The van der Waals surface area contributed by atoms with Gasteiger partial charge in [0.25, 0.3) is 5.91 Å². The fourth-order valence-electron chi connectivity index (χ4n) is 4.85. The van der Waals surface area contributed by atoms with Crippen molar-refractivity contribution in [2.24, 2.45) is 0 Å². The highest BCUT2D eigenvalue weighted by Gasteiger charge is 2.33. The third-order valence-corrected chi connectivity index (χ3v) is 7.03. The Morgan fingerprint density at radius 2 is 1.46 bits per heavy atom. The molecule has 2 aliphatic heterocycles. The molecule has 11 nitrogen and oxygen atoms in total. The maximum Gasteiger partial charge on any atom is 0.350 e. The molecule has 39 heavy (non-hydrogen) atoms. The lowest BCUT2D eigenvalue weighted by molar-refractivity contribution is 0.0364. The van der Waals surface area contributed by atoms with Crippen LogP contribution in [0.1, 0.15) is 24.2 Å². The molecule has 0 radical (unpaired) electrons. The highest BCUT2D eigenvalue weighted by Crippen LogP contribution is 2.28. The smallest absolute Gasteiger partial charge is 0.350 e. The van der Waals surface area contributed by atoms with Crippen LogP contribution < -0.4 is 9.91 Å². The standard InChI is InChI=1S/C28H34N8O3/c1-22(2)32-12-14-33(15-13-32)26(37)23-8-10-25(11-9-23)36(34-16-18-39-19-17-34)28(38)35(24-6-4-3-5-7-24)27-30-20-29-21-31-27/h3-11,20-22H,12-19H2,1-2H3. The van der Waals surface area contributed by atoms with Crippen molar-refractivity contribution >= 4 is 29.3 Å². The minimum absolute atomic E-state index is 0.00491. The van der Waals surface area contributed by atoms with Gasteiger partial charge in [0.2, 0.25) is 5.95 Å². The van der Waals surface area contributed by atoms with Crippen molar-refractivity contribution in [3.63, 3.8) is 0 Å². The Balaban J connectivity index is 1.43. The Morgan fingerprint density at radius 1 is 0.821 bits per heavy atom. The van der Waals surface area contributed by atoms with Gasteiger partial charge in [-0.15, -0.1) is 0 Å². The predicted octanol–water partition coefficient (Wildman–Crippen LogP) is 3.05. The fourth-order valence-corrected chi connectivity index (χ4v) is 4.85. The maximum absolute atomic E-state index is 14.3. The van der Waals surface area contributed by atoms with E-state index in [0.29, 0.717) is 62.4 Å². The lowest BCUT2D eigenvalue weighted by Gasteiger charge is -2.39. The van der Waals surface area contributed by atoms with Crippen LogP contribution in [0.5, 0.6) is 0 Å². The molecule has 3 heterocycles. The van der Waals surface area contributed by atoms with Gasteiger partial charge in [-0.1, -0.05) is 18.2 Å². The molecule has 0 saturated carbocycles. The molecule has 0 unspecified atom stereocenters. The van der Waals surface area contributed by atoms with Gasteiger partial charge in [-0.2, -0.15) is 0 Å². The third-order valence-electron chi connectivity index (χ3n) is 7.03. The van der Waals surface area contributed by atoms with Gasteiger partial charge in [-0.25, -0.2) is 34.7 Å². The van der Waals surface area contributed by atoms with E-state index in [9.17, 15) is 9.59 Å². The zero-order valence-corrected chi connectivity index (χ0v) is 22.4. The Labute approximate surface area is 228 Å². The van der Waals surface area contributed by atoms with Crippen molar-refractivity contribution in [1.29, 1.82) is 0 Å². The molecule has 1 aromatic heterocycles. The second-order valence-electron chi connectivity index (χ2n) is 9.74. The zero-order chi connectivity index (χ0) is 27.2. The topological polar surface area (TPSA) is 98.2 Å². The first kappa shape index (κ1) is 26.7. The SMILES string of the molecule is CC(C)N1CCN(C(=O)c2ccc(N(C(=O)N(c3ccccc3)c3ncncn3)N3CCOCC3)cc2)CC1. The van der Waals surface area contributed by atoms with Gasteiger partial charge in [-0.05, 0) is 50.2 Å². The Kier molecular flexibility index (Phi) is 8.40. The van der Waals surface area contributed by atoms with Crippen LogP contribution >= 0.6 is 0 Å². The van der Waals surface area contributed by atoms with E-state index in [-0.39, 0.29) is 17.9 Å². The molecule has 2 fully saturated rings. The van der Waals surface area contributed by atoms with Crippen molar-refractivity contribution < 1.29 is 14.3 Å². The van der Waals surface area contributed by atoms with E-state index in [1.54, 1.807) is 17.1 Å². The average Bonchev–Trinajstić information content (AvgIpc) is 2.99. The number of rotatable bonds is 6. The second-order valence-corrected chi connectivity index (χ2v) is 9.74. The van der Waals surface area contributed by atoms with Gasteiger partial charge < -0.3 is 9.64 Å². The molecule has 0 N–H and O–H groups in total. The fraction of sp³-hybridized carbons (Fsp3) is 0.393. The molecular formula is C28H34N8O3. The normalized spacial score (nSPS) is 16.7. The van der Waals surface area contributed by atoms with Crippen molar-refractivity contribution in [2.75, 3.05) is 62.4 Å². The molecule has 204 valence electrons. The van der Waals surface area contributed by atoms with E-state index in [2.05, 4.69) is 33.7 Å². The lowest BCUT2D eigenvalue weighted by Crippen LogP contribution is -2.55. The second kappa shape index (κ2) is 12.3. The van der Waals surface area contributed by atoms with Gasteiger partial charge in [0, 0.05) is 50.9 Å². The highest BCUT2D eigenvalue weighted by molar-refractivity contribution is 6.07. The molecule has 2 saturated heterocycles. The first-order chi connectivity index (χ1) is 19.0. The van der Waals surface area contributed by atoms with Crippen LogP contribution in [-0.2, 0) is 4.74 Å². The minimum atomic E-state index is -0.349. The van der Waals surface area contributed by atoms with Gasteiger partial charge in [-0.3, -0.25) is 9.69 Å². The van der Waals surface area contributed by atoms with Crippen LogP contribution in [-0.4, -0.2) is 100 Å². The number of amides is 3. The monoisotopic (exact) mass is 530 g/mol. The highest BCUT2D eigenvalue weighted by atomic mass is 16.5. The third kappa shape index (κ3) is 6.06. The number of hydrogen-bond donors (Lipinski definition) is 0. The number of morpholine rings is 1. The van der Waals surface area contributed by atoms with Crippen LogP contribution in [0.15, 0.2) is 67.3 Å². The van der Waals surface area contributed by atoms with Gasteiger partial charge in [0.1, 0.15) is 12.7 Å². The number of urea groups is 1. The molecule has 11 heteroatoms. The van der Waals surface area contributed by atoms with Gasteiger partial charge in [0.05, 0.1) is 24.6 Å². The number of carbonyl (C=O) groups excluding carboxylic acids is 2. The predicted molar refractivity (Wildman–Crippen MR) is 148 cm³/mol. The van der Waals surface area contributed by atoms with Crippen LogP contribution in [0.4, 0.5) is 22.1 Å². The summed E-state index contributed by atoms with van der Waals surface area (Å²) in [7, 11) is 0. The lowest BCUT2D eigenvalue weighted by atomic mass is 10.1. The number of piperazine rings is 1. The number of anilines is 3. The quantitative estimate of drug-likeness (QED) is 0.480. The number of ether oxygens (including phenoxy) is 1. The summed E-state index contributed by atoms with van der Waals surface area (Å²) in [6.45, 7) is 9.57. The number of nitrogens with zero attached hydrogens (tertiary/aromatic N) is 8. The van der Waals surface area contributed by atoms with Crippen LogP contribution in [0.2, 0.25) is 0 Å². The van der Waals surface area contributed by atoms with E-state index < -0.39 is 0 Å². The minimum Gasteiger partial charge on any atom is -0.379 e. The maximum atomic E-state index is 14.3. The van der Waals surface area contributed by atoms with Gasteiger partial charge in [0.15, 0.2) is 0 Å². The number of benzene rings is 2. The Hall–Kier alpha value is -3.93. The van der Waals surface area contributed by atoms with Crippen molar-refractivity contribution in [3.8, 4) is 0 Å². The molecule has 0 aliphatic carbocycles. The first-order valence-corrected chi connectivity index (χ1v) is 13.3. The first-order valence-electron chi connectivity index (χ1n) is 13.3. The van der Waals surface area contributed by atoms with Crippen molar-refractivity contribution in [1.82, 2.24) is 29.8 Å². The van der Waals surface area contributed by atoms with E-state index in [1.807, 2.05) is 52.4 Å². The summed E-state index contributed by atoms with van der Waals surface area (Å²) >= 11 is 0. The van der Waals surface area contributed by atoms with Gasteiger partial charge >= 0.3 is 6.03 Å². The summed E-state index contributed by atoms with van der Waals surface area (Å²) in [5.74, 6) is 0.220. The molecule has 2 aromatic carbocycles. The molecule has 0 bridgehead atoms. The number of para-hydroxylation sites is 1. The molecule has 2 aliphatic rings. The van der Waals surface area contributed by atoms with Crippen LogP contribution in [0.3, 0.4) is 0 Å². The summed E-state index contributed by atoms with van der Waals surface area (Å²) in [5, 5.41) is 3.57. The van der Waals surface area contributed by atoms with Crippen molar-refractivity contribution in [2.45, 2.75) is 19.9 Å². The van der Waals surface area contributed by atoms with Crippen LogP contribution in [0.25, 0.3) is 0 Å². The number of hydrazine groups is 1. The Bertz CT molecular complexity index is 1190. The van der Waals surface area contributed by atoms with E-state index in [1.165, 1.54) is 17.6 Å². The van der Waals surface area contributed by atoms with Crippen molar-refractivity contribution in [3.05, 3.63) is 72.8 Å². The molecular weight excluding hydrogens is 496 g/mol. The summed E-state index contributed by atoms with van der Waals surface area (Å²) in [5.41, 5.74) is 1.86. The summed E-state index contributed by atoms with van der Waals surface area (Å²) in [6, 6.07) is 16.6. The number of hydrogen-bond acceptors (Lipinski definition) is 8. The average molecular weight is 531 g/mol. The zero-order valence-electron chi connectivity index (χ0n) is 22.4. The Morgan fingerprint density at radius 3 is 2.08 bits per heavy atom. The largest absolute Gasteiger partial charge is 0.379 e. The molecule has 0 atom stereocenters. The van der Waals surface area contributed by atoms with E-state index in [4.69, 9.17) is 4.74 Å². The van der Waals surface area contributed by atoms with Crippen LogP contribution in [0, 0.1) is 0 Å². The molecule has 3 aromatic rings. The summed E-state index contributed by atoms with van der Waals surface area (Å²) < 4.78 is 5.56. The summed E-state index contributed by atoms with van der Waals surface area (Å²) in [4.78, 5) is 45.7. The summed E-state index contributed by atoms with van der Waals surface area (Å²) in [6.07, 6.45) is 2.73. The molecule has 5 rings (SSSR count).